The van der Waals surface area contributed by atoms with Crippen LogP contribution in [0, 0.1) is 0 Å². The summed E-state index contributed by atoms with van der Waals surface area (Å²) in [4.78, 5) is 1.79. The van der Waals surface area contributed by atoms with Crippen molar-refractivity contribution >= 4 is 54.0 Å². The predicted molar refractivity (Wildman–Crippen MR) is 118 cm³/mol. The molecule has 0 bridgehead atoms. The van der Waals surface area contributed by atoms with Gasteiger partial charge in [-0.3, -0.25) is 4.90 Å². The topological polar surface area (TPSA) is 84.2 Å². The second-order valence-electron chi connectivity index (χ2n) is 4.62. The monoisotopic (exact) mass is 560 g/mol. The Labute approximate surface area is 232 Å². The molecule has 0 fully saturated rings. The molecule has 0 amide bonds. The Balaban J connectivity index is -0.0000000261. The van der Waals surface area contributed by atoms with E-state index in [1.165, 1.54) is 30.7 Å². The molecular weight excluding hydrogens is 519 g/mol. The third-order valence-electron chi connectivity index (χ3n) is 3.93. The van der Waals surface area contributed by atoms with Crippen molar-refractivity contribution in [2.45, 2.75) is 27.7 Å². The Morgan fingerprint density at radius 1 is 0.593 bits per heavy atom. The minimum atomic E-state index is 0. The van der Waals surface area contributed by atoms with Crippen molar-refractivity contribution in [1.29, 1.82) is 0 Å². The van der Waals surface area contributed by atoms with Gasteiger partial charge in [-0.25, -0.2) is 0 Å². The van der Waals surface area contributed by atoms with Crippen molar-refractivity contribution in [3.05, 3.63) is 0 Å². The molecule has 0 aromatic heterocycles. The van der Waals surface area contributed by atoms with E-state index in [1.807, 2.05) is 0 Å². The maximum Gasteiger partial charge on any atom is 1.00 e. The van der Waals surface area contributed by atoms with Crippen LogP contribution in [0.15, 0.2) is 0 Å². The second kappa shape index (κ2) is 46.9. The first kappa shape index (κ1) is 57.2. The number of hydrogen-bond acceptors (Lipinski definition) is 5. The van der Waals surface area contributed by atoms with E-state index in [0.717, 1.165) is 7.11 Å². The van der Waals surface area contributed by atoms with Gasteiger partial charge in [-0.1, -0.05) is 0 Å². The molecular formula is C15H39MoN2NaO4S4-6. The molecule has 0 aromatic carbocycles. The van der Waals surface area contributed by atoms with Gasteiger partial charge in [0.2, 0.25) is 0 Å². The van der Waals surface area contributed by atoms with Gasteiger partial charge in [0.1, 0.15) is 0 Å². The van der Waals surface area contributed by atoms with Crippen LogP contribution in [0.25, 0.3) is 0 Å². The molecule has 12 heteroatoms. The molecule has 170 valence electrons. The van der Waals surface area contributed by atoms with Crippen LogP contribution in [-0.2, 0) is 75.0 Å². The quantitative estimate of drug-likeness (QED) is 0.167. The van der Waals surface area contributed by atoms with Crippen molar-refractivity contribution in [2.24, 2.45) is 0 Å². The maximum absolute atomic E-state index is 8.48. The van der Waals surface area contributed by atoms with Crippen molar-refractivity contribution in [3.8, 4) is 0 Å². The van der Waals surface area contributed by atoms with Gasteiger partial charge in [-0.05, 0) is 27.7 Å². The molecule has 0 aliphatic rings. The molecule has 0 spiro atoms. The molecule has 6 nitrogen and oxygen atoms in total. The van der Waals surface area contributed by atoms with E-state index in [2.05, 4.69) is 27.7 Å². The average Bonchev–Trinajstić information content (AvgIpc) is 2.54. The van der Waals surface area contributed by atoms with Crippen LogP contribution in [0.4, 0.5) is 0 Å². The van der Waals surface area contributed by atoms with E-state index in [0.29, 0.717) is 19.6 Å². The van der Waals surface area contributed by atoms with E-state index in [-0.39, 0.29) is 124 Å². The zero-order valence-corrected chi connectivity index (χ0v) is 25.1. The van der Waals surface area contributed by atoms with E-state index in [9.17, 15) is 0 Å². The molecule has 0 atom stereocenters. The smallest absolute Gasteiger partial charge is 1.00 e. The SMILES string of the molecule is CC[N+](CC)(CC)CC.CO.OCCN(CCO)CCO.[Mo].[Na+].[S-2].[S-2].[S-2].[S-2]. The predicted octanol–water partition coefficient (Wildman–Crippen LogP) is -3.25. The molecule has 0 saturated carbocycles. The van der Waals surface area contributed by atoms with E-state index in [1.54, 1.807) is 4.90 Å². The Morgan fingerprint density at radius 3 is 0.852 bits per heavy atom. The number of quaternary nitrogens is 1. The standard InChI is InChI=1S/C8H20N.C6H15NO3.CH4O.Mo.Na.4S/c1-5-9(6-2,7-3)8-4;8-4-1-7(2-5-9)3-6-10;1-2;;;;;;/h5-8H2,1-4H3;8-10H,1-6H2;2H,1H3;;;;;;/q+1;;;;+1;4*-2. The summed E-state index contributed by atoms with van der Waals surface area (Å²) in [5.41, 5.74) is 0. The Bertz CT molecular complexity index is 175. The minimum absolute atomic E-state index is 0. The minimum Gasteiger partial charge on any atom is -2.00 e. The van der Waals surface area contributed by atoms with Crippen LogP contribution in [0.5, 0.6) is 0 Å². The van der Waals surface area contributed by atoms with Crippen LogP contribution >= 0.6 is 0 Å². The number of aliphatic hydroxyl groups excluding tert-OH is 4. The van der Waals surface area contributed by atoms with Crippen molar-refractivity contribution in [2.75, 3.05) is 72.7 Å². The van der Waals surface area contributed by atoms with Gasteiger partial charge in [0.15, 0.2) is 0 Å². The van der Waals surface area contributed by atoms with Crippen molar-refractivity contribution < 1.29 is 75.5 Å². The van der Waals surface area contributed by atoms with Gasteiger partial charge in [0.25, 0.3) is 0 Å². The van der Waals surface area contributed by atoms with E-state index >= 15 is 0 Å². The maximum atomic E-state index is 8.48. The summed E-state index contributed by atoms with van der Waals surface area (Å²) in [6, 6.07) is 0. The fourth-order valence-electron chi connectivity index (χ4n) is 2.10. The van der Waals surface area contributed by atoms with Gasteiger partial charge in [0, 0.05) is 47.8 Å². The summed E-state index contributed by atoms with van der Waals surface area (Å²) in [5.74, 6) is 0. The molecule has 27 heavy (non-hydrogen) atoms. The number of rotatable bonds is 10. The Hall–Kier alpha value is 2.85. The summed E-state index contributed by atoms with van der Waals surface area (Å²) in [7, 11) is 1.00. The van der Waals surface area contributed by atoms with Gasteiger partial charge in [-0.15, -0.1) is 0 Å². The summed E-state index contributed by atoms with van der Waals surface area (Å²) < 4.78 is 1.28. The number of nitrogens with zero attached hydrogens (tertiary/aromatic N) is 2. The van der Waals surface area contributed by atoms with Crippen molar-refractivity contribution in [1.82, 2.24) is 4.90 Å². The fraction of sp³-hybridized carbons (Fsp3) is 1.00. The van der Waals surface area contributed by atoms with Gasteiger partial charge in [0.05, 0.1) is 46.0 Å². The Kier molecular flexibility index (Phi) is 99.2. The molecule has 0 saturated heterocycles. The summed E-state index contributed by atoms with van der Waals surface area (Å²) in [5, 5.41) is 32.5. The fourth-order valence-corrected chi connectivity index (χ4v) is 2.10. The molecule has 0 aromatic rings. The Morgan fingerprint density at radius 2 is 0.778 bits per heavy atom. The van der Waals surface area contributed by atoms with Crippen molar-refractivity contribution in [3.63, 3.8) is 0 Å². The average molecular weight is 559 g/mol. The zero-order chi connectivity index (χ0) is 17.1. The largest absolute Gasteiger partial charge is 2.00 e. The number of hydrogen-bond donors (Lipinski definition) is 4. The second-order valence-corrected chi connectivity index (χ2v) is 4.62. The molecule has 0 unspecified atom stereocenters. The van der Waals surface area contributed by atoms with Gasteiger partial charge < -0.3 is 78.9 Å². The summed E-state index contributed by atoms with van der Waals surface area (Å²) in [6.45, 7) is 16.0. The van der Waals surface area contributed by atoms with Crippen LogP contribution in [0.2, 0.25) is 0 Å². The third kappa shape index (κ3) is 36.6. The zero-order valence-electron chi connectivity index (χ0n) is 17.8. The molecule has 0 heterocycles. The van der Waals surface area contributed by atoms with Crippen LogP contribution in [0.1, 0.15) is 27.7 Å². The third-order valence-corrected chi connectivity index (χ3v) is 3.93. The summed E-state index contributed by atoms with van der Waals surface area (Å²) >= 11 is 0. The normalized spacial score (nSPS) is 8.22. The van der Waals surface area contributed by atoms with Gasteiger partial charge >= 0.3 is 29.6 Å². The molecule has 0 radical (unpaired) electrons. The van der Waals surface area contributed by atoms with Crippen LogP contribution in [0.3, 0.4) is 0 Å². The van der Waals surface area contributed by atoms with Crippen LogP contribution < -0.4 is 29.6 Å². The molecule has 0 rings (SSSR count). The molecule has 4 N–H and O–H groups in total. The van der Waals surface area contributed by atoms with E-state index < -0.39 is 0 Å². The van der Waals surface area contributed by atoms with Crippen LogP contribution in [-0.4, -0.2) is 103 Å². The first-order chi connectivity index (χ1) is 10.1. The first-order valence-electron chi connectivity index (χ1n) is 7.94. The van der Waals surface area contributed by atoms with E-state index in [4.69, 9.17) is 20.4 Å². The summed E-state index contributed by atoms with van der Waals surface area (Å²) in [6.07, 6.45) is 0. The van der Waals surface area contributed by atoms with Gasteiger partial charge in [-0.2, -0.15) is 0 Å². The molecule has 0 aliphatic heterocycles. The molecule has 0 aliphatic carbocycles. The number of aliphatic hydroxyl groups is 4. The first-order valence-corrected chi connectivity index (χ1v) is 7.94.